The van der Waals surface area contributed by atoms with Crippen LogP contribution in [0, 0.1) is 0 Å². The molecule has 0 saturated carbocycles. The Bertz CT molecular complexity index is 18.1. The molecule has 0 bridgehead atoms. The Morgan fingerprint density at radius 1 is 1.14 bits per heavy atom. The number of nitrogens with one attached hydrogen (secondary N) is 1. The average molecular weight is 101 g/mol. The van der Waals surface area contributed by atoms with Crippen LogP contribution in [0.2, 0.25) is 0 Å². The highest BCUT2D eigenvalue weighted by Crippen LogP contribution is 1.47. The minimum Gasteiger partial charge on any atom is -0.317 e. The molecule has 0 aliphatic carbocycles. The van der Waals surface area contributed by atoms with Gasteiger partial charge in [0.2, 0.25) is 0 Å². The second-order valence-corrected chi connectivity index (χ2v) is 0.957. The van der Waals surface area contributed by atoms with Crippen molar-refractivity contribution in [2.24, 2.45) is 0 Å². The normalized spacial score (nSPS) is 6.57. The van der Waals surface area contributed by atoms with Crippen molar-refractivity contribution in [1.29, 1.82) is 0 Å². The maximum absolute atomic E-state index is 3.11. The summed E-state index contributed by atoms with van der Waals surface area (Å²) in [6.07, 6.45) is 0. The van der Waals surface area contributed by atoms with Crippen molar-refractivity contribution >= 4 is 0 Å². The van der Waals surface area contributed by atoms with E-state index in [2.05, 4.69) is 32.3 Å². The van der Waals surface area contributed by atoms with Crippen LogP contribution in [0.15, 0.2) is 13.2 Å². The van der Waals surface area contributed by atoms with Crippen molar-refractivity contribution in [2.45, 2.75) is 13.8 Å². The molecule has 0 radical (unpaired) electrons. The summed E-state index contributed by atoms with van der Waals surface area (Å²) < 4.78 is 0. The first-order valence-corrected chi connectivity index (χ1v) is 2.62. The van der Waals surface area contributed by atoms with Crippen LogP contribution in [0.3, 0.4) is 0 Å². The maximum atomic E-state index is 3.11. The Labute approximate surface area is 46.4 Å². The number of rotatable bonds is 2. The molecule has 0 fully saturated rings. The van der Waals surface area contributed by atoms with E-state index in [0.717, 1.165) is 13.1 Å². The summed E-state index contributed by atoms with van der Waals surface area (Å²) in [6.45, 7) is 12.4. The summed E-state index contributed by atoms with van der Waals surface area (Å²) in [7, 11) is 0. The Kier molecular flexibility index (Phi) is 24.3. The van der Waals surface area contributed by atoms with Crippen LogP contribution < -0.4 is 5.32 Å². The van der Waals surface area contributed by atoms with Gasteiger partial charge in [-0.05, 0) is 13.1 Å². The quantitative estimate of drug-likeness (QED) is 0.519. The molecule has 7 heavy (non-hydrogen) atoms. The zero-order valence-corrected chi connectivity index (χ0v) is 5.33. The fourth-order valence-electron chi connectivity index (χ4n) is 0.250. The van der Waals surface area contributed by atoms with Crippen LogP contribution in [0.25, 0.3) is 0 Å². The zero-order valence-electron chi connectivity index (χ0n) is 5.33. The summed E-state index contributed by atoms with van der Waals surface area (Å²) in [6, 6.07) is 0. The van der Waals surface area contributed by atoms with E-state index in [1.807, 2.05) is 0 Å². The second kappa shape index (κ2) is 17.3. The molecule has 0 aromatic carbocycles. The minimum atomic E-state index is 1.09. The summed E-state index contributed by atoms with van der Waals surface area (Å²) in [5, 5.41) is 3.11. The molecule has 1 N–H and O–H groups in total. The lowest BCUT2D eigenvalue weighted by molar-refractivity contribution is 0.762. The molecule has 0 saturated heterocycles. The van der Waals surface area contributed by atoms with Crippen molar-refractivity contribution in [3.05, 3.63) is 13.2 Å². The van der Waals surface area contributed by atoms with Gasteiger partial charge in [0.1, 0.15) is 0 Å². The molecule has 0 amide bonds. The first-order chi connectivity index (χ1) is 3.41. The highest BCUT2D eigenvalue weighted by atomic mass is 14.8. The average Bonchev–Trinajstić information content (AvgIpc) is 1.75. The first-order valence-electron chi connectivity index (χ1n) is 2.62. The Hall–Kier alpha value is -0.300. The van der Waals surface area contributed by atoms with Crippen LogP contribution >= 0.6 is 0 Å². The highest BCUT2D eigenvalue weighted by Gasteiger charge is 1.62. The molecule has 1 nitrogen and oxygen atoms in total. The standard InChI is InChI=1S/C4H11N.C2H4/c1-3-5-4-2;1-2/h5H,3-4H2,1-2H3;1-2H2. The van der Waals surface area contributed by atoms with Crippen LogP contribution in [-0.4, -0.2) is 13.1 Å². The predicted octanol–water partition coefficient (Wildman–Crippen LogP) is 1.42. The van der Waals surface area contributed by atoms with Gasteiger partial charge in [-0.15, -0.1) is 13.2 Å². The topological polar surface area (TPSA) is 12.0 Å². The molecule has 0 atom stereocenters. The summed E-state index contributed by atoms with van der Waals surface area (Å²) in [5.74, 6) is 0. The van der Waals surface area contributed by atoms with Gasteiger partial charge in [-0.2, -0.15) is 0 Å². The smallest absolute Gasteiger partial charge is 0.00775 e. The van der Waals surface area contributed by atoms with Gasteiger partial charge in [-0.1, -0.05) is 13.8 Å². The van der Waals surface area contributed by atoms with E-state index in [9.17, 15) is 0 Å². The first kappa shape index (κ1) is 9.85. The minimum absolute atomic E-state index is 1.09. The predicted molar refractivity (Wildman–Crippen MR) is 35.5 cm³/mol. The molecule has 0 rings (SSSR count). The van der Waals surface area contributed by atoms with E-state index in [4.69, 9.17) is 0 Å². The van der Waals surface area contributed by atoms with Gasteiger partial charge in [0.15, 0.2) is 0 Å². The van der Waals surface area contributed by atoms with Gasteiger partial charge < -0.3 is 5.32 Å². The molecule has 0 aromatic rings. The molecule has 44 valence electrons. The van der Waals surface area contributed by atoms with Gasteiger partial charge >= 0.3 is 0 Å². The van der Waals surface area contributed by atoms with E-state index in [-0.39, 0.29) is 0 Å². The van der Waals surface area contributed by atoms with Crippen LogP contribution in [-0.2, 0) is 0 Å². The SMILES string of the molecule is C=C.CCNCC. The summed E-state index contributed by atoms with van der Waals surface area (Å²) in [5.41, 5.74) is 0. The molecule has 1 heteroatoms. The zero-order chi connectivity index (χ0) is 6.12. The lowest BCUT2D eigenvalue weighted by Crippen LogP contribution is -2.09. The third kappa shape index (κ3) is 27.0. The van der Waals surface area contributed by atoms with E-state index < -0.39 is 0 Å². The lowest BCUT2D eigenvalue weighted by Gasteiger charge is -1.86. The van der Waals surface area contributed by atoms with E-state index in [0.29, 0.717) is 0 Å². The van der Waals surface area contributed by atoms with Crippen molar-refractivity contribution in [3.63, 3.8) is 0 Å². The number of hydrogen-bond acceptors (Lipinski definition) is 1. The van der Waals surface area contributed by atoms with Crippen molar-refractivity contribution in [3.8, 4) is 0 Å². The monoisotopic (exact) mass is 101 g/mol. The lowest BCUT2D eigenvalue weighted by atomic mass is 10.7. The highest BCUT2D eigenvalue weighted by molar-refractivity contribution is 4.27. The van der Waals surface area contributed by atoms with Gasteiger partial charge in [0.25, 0.3) is 0 Å². The largest absolute Gasteiger partial charge is 0.317 e. The second-order valence-electron chi connectivity index (χ2n) is 0.957. The van der Waals surface area contributed by atoms with Crippen molar-refractivity contribution in [2.75, 3.05) is 13.1 Å². The van der Waals surface area contributed by atoms with Crippen LogP contribution in [0.4, 0.5) is 0 Å². The third-order valence-electron chi connectivity index (χ3n) is 0.500. The molecular weight excluding hydrogens is 86.1 g/mol. The van der Waals surface area contributed by atoms with E-state index >= 15 is 0 Å². The molecule has 0 spiro atoms. The molecule has 0 aromatic heterocycles. The van der Waals surface area contributed by atoms with Crippen molar-refractivity contribution in [1.82, 2.24) is 5.32 Å². The van der Waals surface area contributed by atoms with Gasteiger partial charge in [0.05, 0.1) is 0 Å². The Morgan fingerprint density at radius 2 is 1.43 bits per heavy atom. The fourth-order valence-corrected chi connectivity index (χ4v) is 0.250. The Morgan fingerprint density at radius 3 is 1.43 bits per heavy atom. The van der Waals surface area contributed by atoms with Gasteiger partial charge in [-0.25, -0.2) is 0 Å². The summed E-state index contributed by atoms with van der Waals surface area (Å²) in [4.78, 5) is 0. The van der Waals surface area contributed by atoms with Gasteiger partial charge in [-0.3, -0.25) is 0 Å². The van der Waals surface area contributed by atoms with Gasteiger partial charge in [0, 0.05) is 0 Å². The molecule has 0 aliphatic heterocycles. The Balaban J connectivity index is 0. The summed E-state index contributed by atoms with van der Waals surface area (Å²) >= 11 is 0. The maximum Gasteiger partial charge on any atom is -0.00775 e. The van der Waals surface area contributed by atoms with Crippen molar-refractivity contribution < 1.29 is 0 Å². The van der Waals surface area contributed by atoms with E-state index in [1.54, 1.807) is 0 Å². The molecular formula is C6H15N. The van der Waals surface area contributed by atoms with Crippen LogP contribution in [0.1, 0.15) is 13.8 Å². The number of hydrogen-bond donors (Lipinski definition) is 1. The molecule has 0 aliphatic rings. The van der Waals surface area contributed by atoms with Crippen LogP contribution in [0.5, 0.6) is 0 Å². The fraction of sp³-hybridized carbons (Fsp3) is 0.667. The van der Waals surface area contributed by atoms with E-state index in [1.165, 1.54) is 0 Å². The molecule has 0 unspecified atom stereocenters. The molecule has 0 heterocycles. The third-order valence-corrected chi connectivity index (χ3v) is 0.500.